The predicted octanol–water partition coefficient (Wildman–Crippen LogP) is 11.6. The summed E-state index contributed by atoms with van der Waals surface area (Å²) in [7, 11) is 2.61. The Hall–Kier alpha value is -1.87. The lowest BCUT2D eigenvalue weighted by atomic mass is 9.29. The van der Waals surface area contributed by atoms with E-state index in [0.29, 0.717) is 25.4 Å². The summed E-state index contributed by atoms with van der Waals surface area (Å²) < 4.78 is 0.933. The standard InChI is InChI=1S/C46H81BN5S2/c1-21-25-49-27-24-44(18,33-48)42(14,15)46(20,37(7)51-30-34(3)4)32-40(10,11)47-43(16,17)41(12,13)45(19,31-39(8,9)22-2)36(6)50-26-23-35(5)52-28-29-54-38(52)53/h1,34,49-51H,5-7,22-32H2,2-4,8-20H3. The molecular formula is C46H81BN5S2. The first-order valence-corrected chi connectivity index (χ1v) is 21.8. The van der Waals surface area contributed by atoms with E-state index in [1.54, 1.807) is 11.8 Å². The second-order valence-corrected chi connectivity index (χ2v) is 22.2. The Morgan fingerprint density at radius 3 is 1.94 bits per heavy atom. The SMILES string of the molecule is C#CCNCCC(C)(C#N)C(C)(C)C(C)(CC(C)(C)[B]C(C)(C)C(C)(C)C(C)(CC(C)(C)CC)C(=C)NCCC(=C)N1CCSC1=S)C(=C)NCC(C)C. The molecule has 1 radical (unpaired) electrons. The molecule has 0 amide bonds. The molecule has 1 heterocycles. The molecule has 1 aliphatic rings. The number of nitriles is 1. The van der Waals surface area contributed by atoms with Gasteiger partial charge in [0, 0.05) is 59.7 Å². The van der Waals surface area contributed by atoms with Gasteiger partial charge in [-0.05, 0) is 54.9 Å². The van der Waals surface area contributed by atoms with Gasteiger partial charge < -0.3 is 20.9 Å². The van der Waals surface area contributed by atoms with Crippen LogP contribution in [0.15, 0.2) is 36.8 Å². The number of hydrogen-bond donors (Lipinski definition) is 3. The largest absolute Gasteiger partial charge is 0.388 e. The van der Waals surface area contributed by atoms with Crippen LogP contribution >= 0.6 is 24.0 Å². The third-order valence-corrected chi connectivity index (χ3v) is 15.8. The van der Waals surface area contributed by atoms with Crippen molar-refractivity contribution in [2.75, 3.05) is 38.5 Å². The number of allylic oxidation sites excluding steroid dienone is 2. The smallest absolute Gasteiger partial charge is 0.140 e. The van der Waals surface area contributed by atoms with Crippen LogP contribution in [0, 0.1) is 62.1 Å². The van der Waals surface area contributed by atoms with Crippen LogP contribution in [0.5, 0.6) is 0 Å². The van der Waals surface area contributed by atoms with Crippen molar-refractivity contribution in [1.29, 1.82) is 5.26 Å². The van der Waals surface area contributed by atoms with E-state index in [2.05, 4.69) is 157 Å². The van der Waals surface area contributed by atoms with Gasteiger partial charge in [0.25, 0.3) is 0 Å². The lowest BCUT2D eigenvalue weighted by Crippen LogP contribution is -2.54. The van der Waals surface area contributed by atoms with E-state index >= 15 is 0 Å². The molecule has 0 aromatic carbocycles. The zero-order valence-corrected chi connectivity index (χ0v) is 39.5. The maximum Gasteiger partial charge on any atom is 0.140 e. The van der Waals surface area contributed by atoms with E-state index in [-0.39, 0.29) is 26.9 Å². The maximum absolute atomic E-state index is 10.8. The number of rotatable bonds is 25. The molecule has 0 aromatic heterocycles. The average Bonchev–Trinajstić information content (AvgIpc) is 3.49. The van der Waals surface area contributed by atoms with Crippen LogP contribution in [0.3, 0.4) is 0 Å². The van der Waals surface area contributed by atoms with E-state index in [1.165, 1.54) is 0 Å². The van der Waals surface area contributed by atoms with Crippen LogP contribution in [0.25, 0.3) is 0 Å². The van der Waals surface area contributed by atoms with Crippen molar-refractivity contribution in [1.82, 2.24) is 20.9 Å². The molecular weight excluding hydrogens is 697 g/mol. The molecule has 8 heteroatoms. The first-order valence-electron chi connectivity index (χ1n) is 20.4. The fourth-order valence-electron chi connectivity index (χ4n) is 8.83. The highest BCUT2D eigenvalue weighted by atomic mass is 32.2. The normalized spacial score (nSPS) is 17.8. The number of terminal acetylenes is 1. The molecule has 3 atom stereocenters. The summed E-state index contributed by atoms with van der Waals surface area (Å²) >= 11 is 7.32. The summed E-state index contributed by atoms with van der Waals surface area (Å²) in [5.41, 5.74) is 1.28. The second kappa shape index (κ2) is 19.1. The van der Waals surface area contributed by atoms with Crippen LogP contribution in [0.2, 0.25) is 10.6 Å². The summed E-state index contributed by atoms with van der Waals surface area (Å²) in [6.45, 7) is 55.0. The van der Waals surface area contributed by atoms with Crippen LogP contribution < -0.4 is 16.0 Å². The molecule has 1 rings (SSSR count). The minimum atomic E-state index is -0.645. The first-order chi connectivity index (χ1) is 24.5. The monoisotopic (exact) mass is 779 g/mol. The van der Waals surface area contributed by atoms with E-state index in [9.17, 15) is 5.26 Å². The Morgan fingerprint density at radius 2 is 1.46 bits per heavy atom. The quantitative estimate of drug-likeness (QED) is 0.0369. The third-order valence-electron chi connectivity index (χ3n) is 14.3. The number of hydrogen-bond acceptors (Lipinski definition) is 6. The lowest BCUT2D eigenvalue weighted by Gasteiger charge is -2.59. The van der Waals surface area contributed by atoms with Crippen LogP contribution in [0.4, 0.5) is 0 Å². The molecule has 54 heavy (non-hydrogen) atoms. The van der Waals surface area contributed by atoms with E-state index in [0.717, 1.165) is 72.5 Å². The fourth-order valence-corrected chi connectivity index (χ4v) is 10.1. The summed E-state index contributed by atoms with van der Waals surface area (Å²) in [6, 6.07) is 2.78. The van der Waals surface area contributed by atoms with Crippen molar-refractivity contribution in [3.05, 3.63) is 36.8 Å². The Morgan fingerprint density at radius 1 is 0.907 bits per heavy atom. The Bertz CT molecular complexity index is 1410. The van der Waals surface area contributed by atoms with E-state index in [4.69, 9.17) is 31.8 Å². The van der Waals surface area contributed by atoms with Crippen molar-refractivity contribution < 1.29 is 0 Å². The number of thioether (sulfide) groups is 1. The minimum absolute atomic E-state index is 0.115. The number of nitrogens with one attached hydrogen (secondary N) is 3. The third kappa shape index (κ3) is 11.6. The van der Waals surface area contributed by atoms with Crippen LogP contribution in [0.1, 0.15) is 143 Å². The molecule has 5 nitrogen and oxygen atoms in total. The summed E-state index contributed by atoms with van der Waals surface area (Å²) in [4.78, 5) is 2.19. The molecule has 1 aliphatic heterocycles. The summed E-state index contributed by atoms with van der Waals surface area (Å²) in [6.07, 6.45) is 9.94. The van der Waals surface area contributed by atoms with Crippen molar-refractivity contribution in [2.45, 2.75) is 154 Å². The molecule has 0 aliphatic carbocycles. The van der Waals surface area contributed by atoms with E-state index < -0.39 is 16.2 Å². The average molecular weight is 779 g/mol. The molecule has 0 saturated carbocycles. The van der Waals surface area contributed by atoms with Crippen molar-refractivity contribution in [3.8, 4) is 18.4 Å². The first kappa shape index (κ1) is 50.2. The van der Waals surface area contributed by atoms with Crippen molar-refractivity contribution in [3.63, 3.8) is 0 Å². The predicted molar refractivity (Wildman–Crippen MR) is 246 cm³/mol. The highest BCUT2D eigenvalue weighted by molar-refractivity contribution is 8.23. The van der Waals surface area contributed by atoms with Crippen LogP contribution in [-0.2, 0) is 0 Å². The minimum Gasteiger partial charge on any atom is -0.388 e. The van der Waals surface area contributed by atoms with Gasteiger partial charge in [0.2, 0.25) is 0 Å². The van der Waals surface area contributed by atoms with Gasteiger partial charge in [-0.15, -0.1) is 6.42 Å². The number of thiocarbonyl (C=S) groups is 1. The molecule has 1 saturated heterocycles. The lowest BCUT2D eigenvalue weighted by molar-refractivity contribution is -0.00518. The van der Waals surface area contributed by atoms with Gasteiger partial charge in [0.15, 0.2) is 0 Å². The van der Waals surface area contributed by atoms with Gasteiger partial charge in [-0.2, -0.15) is 5.26 Å². The summed E-state index contributed by atoms with van der Waals surface area (Å²) in [5.74, 6) is 4.16. The zero-order chi connectivity index (χ0) is 42.2. The summed E-state index contributed by atoms with van der Waals surface area (Å²) in [5, 5.41) is 21.3. The molecule has 305 valence electrons. The molecule has 0 bridgehead atoms. The second-order valence-electron chi connectivity index (χ2n) is 20.5. The van der Waals surface area contributed by atoms with Crippen molar-refractivity contribution >= 4 is 35.6 Å². The van der Waals surface area contributed by atoms with Gasteiger partial charge in [-0.1, -0.05) is 171 Å². The van der Waals surface area contributed by atoms with Crippen molar-refractivity contribution in [2.24, 2.45) is 38.4 Å². The highest BCUT2D eigenvalue weighted by Crippen LogP contribution is 2.66. The van der Waals surface area contributed by atoms with Gasteiger partial charge >= 0.3 is 0 Å². The molecule has 1 fully saturated rings. The molecule has 3 N–H and O–H groups in total. The van der Waals surface area contributed by atoms with Gasteiger partial charge in [-0.3, -0.25) is 0 Å². The Kier molecular flexibility index (Phi) is 17.7. The number of nitrogens with zero attached hydrogens (tertiary/aromatic N) is 2. The van der Waals surface area contributed by atoms with Gasteiger partial charge in [0.1, 0.15) is 11.6 Å². The Labute approximate surface area is 345 Å². The van der Waals surface area contributed by atoms with Crippen LogP contribution in [-0.4, -0.2) is 55.0 Å². The zero-order valence-electron chi connectivity index (χ0n) is 37.8. The molecule has 3 unspecified atom stereocenters. The molecule has 0 aromatic rings. The fraction of sp³-hybridized carbons (Fsp3) is 0.783. The topological polar surface area (TPSA) is 63.1 Å². The highest BCUT2D eigenvalue weighted by Gasteiger charge is 2.58. The van der Waals surface area contributed by atoms with Gasteiger partial charge in [0.05, 0.1) is 18.0 Å². The Balaban J connectivity index is 3.62. The van der Waals surface area contributed by atoms with Gasteiger partial charge in [-0.25, -0.2) is 0 Å². The molecule has 0 spiro atoms. The van der Waals surface area contributed by atoms with E-state index in [1.807, 2.05) is 0 Å². The maximum atomic E-state index is 10.8.